The molecule has 1 N–H and O–H groups in total. The van der Waals surface area contributed by atoms with Crippen LogP contribution in [0.4, 0.5) is 4.39 Å². The fraction of sp³-hybridized carbons (Fsp3) is 0.375. The van der Waals surface area contributed by atoms with E-state index in [4.69, 9.17) is 0 Å². The average Bonchev–Trinajstić information content (AvgIpc) is 2.53. The molecule has 6 nitrogen and oxygen atoms in total. The number of imide groups is 1. The first kappa shape index (κ1) is 18.1. The molecule has 0 aliphatic carbocycles. The third-order valence-electron chi connectivity index (χ3n) is 3.42. The Morgan fingerprint density at radius 3 is 2.38 bits per heavy atom. The lowest BCUT2D eigenvalue weighted by atomic mass is 10.1. The number of hydrogen-bond acceptors (Lipinski definition) is 4. The van der Waals surface area contributed by atoms with Gasteiger partial charge in [0.15, 0.2) is 0 Å². The Morgan fingerprint density at radius 1 is 1.12 bits per heavy atom. The van der Waals surface area contributed by atoms with Crippen LogP contribution in [-0.2, 0) is 19.6 Å². The molecular weight excluding hydrogens is 335 g/mol. The summed E-state index contributed by atoms with van der Waals surface area (Å²) in [5.74, 6) is 3.92. The molecule has 0 aromatic heterocycles. The lowest BCUT2D eigenvalue weighted by Crippen LogP contribution is -2.44. The summed E-state index contributed by atoms with van der Waals surface area (Å²) in [6.07, 6.45) is 1.04. The number of likely N-dealkylation sites (tertiary alicyclic amines) is 1. The molecule has 1 fully saturated rings. The number of nitrogens with one attached hydrogen (secondary N) is 1. The summed E-state index contributed by atoms with van der Waals surface area (Å²) >= 11 is 0. The van der Waals surface area contributed by atoms with Crippen molar-refractivity contribution in [3.05, 3.63) is 35.6 Å². The molecular formula is C16H17FN2O4S. The SMILES string of the molecule is O=C1CCCC(=O)N1CCS(=O)(=O)NCC#Cc1ccc(F)cc1. The number of amides is 2. The van der Waals surface area contributed by atoms with E-state index in [-0.39, 0.29) is 49.3 Å². The predicted octanol–water partition coefficient (Wildman–Crippen LogP) is 0.636. The number of halogens is 1. The van der Waals surface area contributed by atoms with E-state index in [1.54, 1.807) is 0 Å². The zero-order chi connectivity index (χ0) is 17.6. The largest absolute Gasteiger partial charge is 0.282 e. The molecule has 128 valence electrons. The zero-order valence-electron chi connectivity index (χ0n) is 12.9. The number of nitrogens with zero attached hydrogens (tertiary/aromatic N) is 1. The molecule has 2 rings (SSSR count). The Hall–Kier alpha value is -2.24. The van der Waals surface area contributed by atoms with Crippen molar-refractivity contribution in [1.29, 1.82) is 0 Å². The lowest BCUT2D eigenvalue weighted by molar-refractivity contribution is -0.147. The van der Waals surface area contributed by atoms with Gasteiger partial charge in [-0.2, -0.15) is 0 Å². The maximum atomic E-state index is 12.7. The molecule has 0 bridgehead atoms. The first-order chi connectivity index (χ1) is 11.4. The summed E-state index contributed by atoms with van der Waals surface area (Å²) < 4.78 is 38.7. The summed E-state index contributed by atoms with van der Waals surface area (Å²) in [5, 5.41) is 0. The van der Waals surface area contributed by atoms with Crippen LogP contribution in [0.2, 0.25) is 0 Å². The number of rotatable bonds is 5. The minimum absolute atomic E-state index is 0.110. The van der Waals surface area contributed by atoms with Crippen molar-refractivity contribution in [2.24, 2.45) is 0 Å². The molecule has 8 heteroatoms. The van der Waals surface area contributed by atoms with Crippen LogP contribution < -0.4 is 4.72 Å². The maximum Gasteiger partial charge on any atom is 0.229 e. The Balaban J connectivity index is 1.82. The molecule has 0 spiro atoms. The fourth-order valence-corrected chi connectivity index (χ4v) is 3.02. The van der Waals surface area contributed by atoms with E-state index in [1.165, 1.54) is 24.3 Å². The summed E-state index contributed by atoms with van der Waals surface area (Å²) in [6, 6.07) is 5.51. The lowest BCUT2D eigenvalue weighted by Gasteiger charge is -2.24. The normalized spacial score (nSPS) is 15.1. The quantitative estimate of drug-likeness (QED) is 0.623. The number of hydrogen-bond donors (Lipinski definition) is 1. The summed E-state index contributed by atoms with van der Waals surface area (Å²) in [4.78, 5) is 24.2. The second-order valence-electron chi connectivity index (χ2n) is 5.24. The Kier molecular flexibility index (Phi) is 6.06. The molecule has 1 aliphatic rings. The number of benzene rings is 1. The topological polar surface area (TPSA) is 83.6 Å². The monoisotopic (exact) mass is 352 g/mol. The molecule has 2 amide bonds. The van der Waals surface area contributed by atoms with Crippen molar-refractivity contribution in [3.8, 4) is 11.8 Å². The Bertz CT molecular complexity index is 763. The van der Waals surface area contributed by atoms with Crippen LogP contribution >= 0.6 is 0 Å². The van der Waals surface area contributed by atoms with E-state index in [2.05, 4.69) is 16.6 Å². The van der Waals surface area contributed by atoms with Gasteiger partial charge in [0, 0.05) is 24.9 Å². The van der Waals surface area contributed by atoms with E-state index in [9.17, 15) is 22.4 Å². The van der Waals surface area contributed by atoms with Gasteiger partial charge in [-0.05, 0) is 30.7 Å². The third-order valence-corrected chi connectivity index (χ3v) is 4.73. The van der Waals surface area contributed by atoms with Gasteiger partial charge in [0.2, 0.25) is 21.8 Å². The zero-order valence-corrected chi connectivity index (χ0v) is 13.7. The first-order valence-electron chi connectivity index (χ1n) is 7.42. The second kappa shape index (κ2) is 8.04. The van der Waals surface area contributed by atoms with Gasteiger partial charge in [0.25, 0.3) is 0 Å². The summed E-state index contributed by atoms with van der Waals surface area (Å²) in [5.41, 5.74) is 0.570. The molecule has 0 radical (unpaired) electrons. The van der Waals surface area contributed by atoms with Crippen LogP contribution in [0.25, 0.3) is 0 Å². The van der Waals surface area contributed by atoms with Gasteiger partial charge in [0.05, 0.1) is 12.3 Å². The molecule has 1 saturated heterocycles. The second-order valence-corrected chi connectivity index (χ2v) is 7.17. The number of carbonyl (C=O) groups is 2. The molecule has 0 unspecified atom stereocenters. The smallest absolute Gasteiger partial charge is 0.229 e. The molecule has 1 heterocycles. The maximum absolute atomic E-state index is 12.7. The molecule has 1 aromatic rings. The van der Waals surface area contributed by atoms with Crippen molar-refractivity contribution >= 4 is 21.8 Å². The van der Waals surface area contributed by atoms with E-state index < -0.39 is 10.0 Å². The molecule has 1 aliphatic heterocycles. The van der Waals surface area contributed by atoms with Gasteiger partial charge in [-0.25, -0.2) is 17.5 Å². The Labute approximate surface area is 140 Å². The first-order valence-corrected chi connectivity index (χ1v) is 9.07. The van der Waals surface area contributed by atoms with Crippen LogP contribution in [0.1, 0.15) is 24.8 Å². The van der Waals surface area contributed by atoms with Gasteiger partial charge < -0.3 is 0 Å². The van der Waals surface area contributed by atoms with Gasteiger partial charge in [-0.3, -0.25) is 14.5 Å². The van der Waals surface area contributed by atoms with Gasteiger partial charge in [0.1, 0.15) is 5.82 Å². The van der Waals surface area contributed by atoms with Crippen LogP contribution in [0.5, 0.6) is 0 Å². The number of piperidine rings is 1. The highest BCUT2D eigenvalue weighted by molar-refractivity contribution is 7.89. The predicted molar refractivity (Wildman–Crippen MR) is 85.6 cm³/mol. The third kappa shape index (κ3) is 5.44. The van der Waals surface area contributed by atoms with Crippen molar-refractivity contribution in [2.75, 3.05) is 18.8 Å². The Morgan fingerprint density at radius 2 is 1.75 bits per heavy atom. The summed E-state index contributed by atoms with van der Waals surface area (Å²) in [6.45, 7) is -0.264. The minimum atomic E-state index is -3.65. The van der Waals surface area contributed by atoms with Crippen molar-refractivity contribution < 1.29 is 22.4 Å². The van der Waals surface area contributed by atoms with Crippen molar-refractivity contribution in [3.63, 3.8) is 0 Å². The van der Waals surface area contributed by atoms with E-state index >= 15 is 0 Å². The highest BCUT2D eigenvalue weighted by Gasteiger charge is 2.26. The van der Waals surface area contributed by atoms with Crippen LogP contribution in [0.3, 0.4) is 0 Å². The highest BCUT2D eigenvalue weighted by atomic mass is 32.2. The van der Waals surface area contributed by atoms with E-state index in [0.29, 0.717) is 12.0 Å². The molecule has 1 aromatic carbocycles. The number of carbonyl (C=O) groups excluding carboxylic acids is 2. The van der Waals surface area contributed by atoms with E-state index in [0.717, 1.165) is 4.90 Å². The highest BCUT2D eigenvalue weighted by Crippen LogP contribution is 2.11. The molecule has 0 atom stereocenters. The standard InChI is InChI=1S/C16H17FN2O4S/c17-14-8-6-13(7-9-14)3-2-10-18-24(22,23)12-11-19-15(20)4-1-5-16(19)21/h6-9,18H,1,4-5,10-12H2. The average molecular weight is 352 g/mol. The van der Waals surface area contributed by atoms with Crippen LogP contribution in [-0.4, -0.2) is 44.0 Å². The molecule has 24 heavy (non-hydrogen) atoms. The molecule has 0 saturated carbocycles. The van der Waals surface area contributed by atoms with Crippen LogP contribution in [0.15, 0.2) is 24.3 Å². The van der Waals surface area contributed by atoms with E-state index in [1.807, 2.05) is 0 Å². The van der Waals surface area contributed by atoms with Crippen molar-refractivity contribution in [2.45, 2.75) is 19.3 Å². The number of sulfonamides is 1. The van der Waals surface area contributed by atoms with Crippen molar-refractivity contribution in [1.82, 2.24) is 9.62 Å². The van der Waals surface area contributed by atoms with Crippen LogP contribution in [0, 0.1) is 17.7 Å². The van der Waals surface area contributed by atoms with Gasteiger partial charge in [-0.15, -0.1) is 0 Å². The summed E-state index contributed by atoms with van der Waals surface area (Å²) in [7, 11) is -3.65. The van der Waals surface area contributed by atoms with Gasteiger partial charge in [-0.1, -0.05) is 11.8 Å². The fourth-order valence-electron chi connectivity index (χ4n) is 2.16. The minimum Gasteiger partial charge on any atom is -0.282 e. The van der Waals surface area contributed by atoms with Gasteiger partial charge >= 0.3 is 0 Å².